The third kappa shape index (κ3) is 3.59. The lowest BCUT2D eigenvalue weighted by atomic mass is 10.0. The van der Waals surface area contributed by atoms with E-state index in [1.807, 2.05) is 18.2 Å². The summed E-state index contributed by atoms with van der Waals surface area (Å²) in [5.74, 6) is 1.56. The van der Waals surface area contributed by atoms with Crippen LogP contribution in [0.1, 0.15) is 24.5 Å². The van der Waals surface area contributed by atoms with Crippen molar-refractivity contribution in [1.82, 2.24) is 4.98 Å². The molecule has 0 bridgehead atoms. The Kier molecular flexibility index (Phi) is 4.79. The zero-order chi connectivity index (χ0) is 20.9. The highest BCUT2D eigenvalue weighted by molar-refractivity contribution is 7.85. The third-order valence-electron chi connectivity index (χ3n) is 6.22. The van der Waals surface area contributed by atoms with Gasteiger partial charge in [-0.25, -0.2) is 4.98 Å². The summed E-state index contributed by atoms with van der Waals surface area (Å²) in [6.07, 6.45) is 0.980. The molecule has 2 atom stereocenters. The van der Waals surface area contributed by atoms with E-state index in [-0.39, 0.29) is 5.54 Å². The number of hydrogen-bond acceptors (Lipinski definition) is 5. The molecule has 0 saturated carbocycles. The molecule has 2 unspecified atom stereocenters. The molecule has 0 aliphatic carbocycles. The van der Waals surface area contributed by atoms with Crippen LogP contribution in [0.3, 0.4) is 0 Å². The predicted octanol–water partition coefficient (Wildman–Crippen LogP) is 3.60. The molecule has 5 rings (SSSR count). The Labute approximate surface area is 180 Å². The van der Waals surface area contributed by atoms with Crippen molar-refractivity contribution in [3.63, 3.8) is 0 Å². The monoisotopic (exact) mass is 420 g/mol. The van der Waals surface area contributed by atoms with Gasteiger partial charge in [0.25, 0.3) is 0 Å². The number of hydrogen-bond donors (Lipinski definition) is 1. The van der Waals surface area contributed by atoms with Crippen molar-refractivity contribution in [2.24, 2.45) is 5.73 Å². The van der Waals surface area contributed by atoms with E-state index in [2.05, 4.69) is 54.0 Å². The van der Waals surface area contributed by atoms with E-state index in [4.69, 9.17) is 10.7 Å². The lowest BCUT2D eigenvalue weighted by Gasteiger charge is -2.27. The topological polar surface area (TPSA) is 62.5 Å². The van der Waals surface area contributed by atoms with E-state index in [1.165, 1.54) is 16.6 Å². The Bertz CT molecular complexity index is 1140. The maximum Gasteiger partial charge on any atom is 0.131 e. The number of aromatic nitrogens is 1. The van der Waals surface area contributed by atoms with Crippen LogP contribution in [0.15, 0.2) is 53.4 Å². The minimum Gasteiger partial charge on any atom is -0.369 e. The molecular formula is C24H28N4OS. The Morgan fingerprint density at radius 3 is 2.73 bits per heavy atom. The number of pyridine rings is 1. The highest BCUT2D eigenvalue weighted by atomic mass is 32.2. The maximum atomic E-state index is 12.7. The standard InChI is InChI=1S/C24H28N4OS/c1-17-7-8-20-19(13-17)21(28-10-9-24(2,25)16-28)14-23(26-20)27-11-12-30(29)22-6-4-3-5-18(22)15-27/h3-8,13-14H,9-12,15-16,25H2,1-2H3. The summed E-state index contributed by atoms with van der Waals surface area (Å²) in [5.41, 5.74) is 10.8. The number of nitrogens with two attached hydrogens (primary N) is 1. The van der Waals surface area contributed by atoms with Gasteiger partial charge in [-0.2, -0.15) is 0 Å². The van der Waals surface area contributed by atoms with Crippen molar-refractivity contribution in [1.29, 1.82) is 0 Å². The van der Waals surface area contributed by atoms with Gasteiger partial charge in [0.15, 0.2) is 0 Å². The molecular weight excluding hydrogens is 392 g/mol. The average molecular weight is 421 g/mol. The van der Waals surface area contributed by atoms with Crippen molar-refractivity contribution < 1.29 is 4.21 Å². The van der Waals surface area contributed by atoms with Gasteiger partial charge in [0, 0.05) is 59.5 Å². The van der Waals surface area contributed by atoms with Gasteiger partial charge in [-0.1, -0.05) is 29.8 Å². The fourth-order valence-corrected chi connectivity index (χ4v) is 5.82. The molecule has 1 saturated heterocycles. The van der Waals surface area contributed by atoms with Gasteiger partial charge in [-0.3, -0.25) is 4.21 Å². The van der Waals surface area contributed by atoms with Crippen LogP contribution in [0.2, 0.25) is 0 Å². The number of benzene rings is 2. The molecule has 2 N–H and O–H groups in total. The average Bonchev–Trinajstić information content (AvgIpc) is 3.00. The van der Waals surface area contributed by atoms with Gasteiger partial charge in [0.1, 0.15) is 5.82 Å². The fraction of sp³-hybridized carbons (Fsp3) is 0.375. The Morgan fingerprint density at radius 2 is 1.93 bits per heavy atom. The van der Waals surface area contributed by atoms with Crippen LogP contribution >= 0.6 is 0 Å². The van der Waals surface area contributed by atoms with E-state index in [1.54, 1.807) is 0 Å². The number of fused-ring (bicyclic) bond motifs is 2. The summed E-state index contributed by atoms with van der Waals surface area (Å²) in [5, 5.41) is 1.18. The van der Waals surface area contributed by atoms with E-state index < -0.39 is 10.8 Å². The zero-order valence-electron chi connectivity index (χ0n) is 17.6. The molecule has 1 fully saturated rings. The molecule has 156 valence electrons. The highest BCUT2D eigenvalue weighted by Crippen LogP contribution is 2.35. The molecule has 6 heteroatoms. The van der Waals surface area contributed by atoms with Crippen LogP contribution in [-0.2, 0) is 17.3 Å². The second-order valence-corrected chi connectivity index (χ2v) is 10.5. The molecule has 30 heavy (non-hydrogen) atoms. The molecule has 3 aromatic rings. The largest absolute Gasteiger partial charge is 0.369 e. The Balaban J connectivity index is 1.60. The van der Waals surface area contributed by atoms with Crippen molar-refractivity contribution in [2.45, 2.75) is 37.2 Å². The lowest BCUT2D eigenvalue weighted by Crippen LogP contribution is -2.39. The van der Waals surface area contributed by atoms with Crippen molar-refractivity contribution in [3.8, 4) is 0 Å². The Hall–Kier alpha value is -2.44. The molecule has 0 radical (unpaired) electrons. The summed E-state index contributed by atoms with van der Waals surface area (Å²) in [7, 11) is -0.971. The molecule has 3 heterocycles. The number of anilines is 2. The van der Waals surface area contributed by atoms with Crippen LogP contribution in [0.4, 0.5) is 11.5 Å². The minimum atomic E-state index is -0.971. The summed E-state index contributed by atoms with van der Waals surface area (Å²) >= 11 is 0. The smallest absolute Gasteiger partial charge is 0.131 e. The summed E-state index contributed by atoms with van der Waals surface area (Å²) in [6.45, 7) is 7.48. The highest BCUT2D eigenvalue weighted by Gasteiger charge is 2.31. The summed E-state index contributed by atoms with van der Waals surface area (Å²) < 4.78 is 12.7. The first-order chi connectivity index (χ1) is 14.4. The summed E-state index contributed by atoms with van der Waals surface area (Å²) in [6, 6.07) is 16.7. The normalized spacial score (nSPS) is 24.2. The maximum absolute atomic E-state index is 12.7. The van der Waals surface area contributed by atoms with Crippen LogP contribution in [0.25, 0.3) is 10.9 Å². The van der Waals surface area contributed by atoms with E-state index in [0.717, 1.165) is 54.4 Å². The number of aryl methyl sites for hydroxylation is 1. The first-order valence-electron chi connectivity index (χ1n) is 10.6. The van der Waals surface area contributed by atoms with Gasteiger partial charge in [0.05, 0.1) is 16.3 Å². The van der Waals surface area contributed by atoms with Crippen LogP contribution in [-0.4, -0.2) is 40.1 Å². The van der Waals surface area contributed by atoms with Crippen LogP contribution in [0.5, 0.6) is 0 Å². The van der Waals surface area contributed by atoms with Gasteiger partial charge >= 0.3 is 0 Å². The van der Waals surface area contributed by atoms with Crippen LogP contribution in [0, 0.1) is 6.92 Å². The number of rotatable bonds is 2. The molecule has 2 aromatic carbocycles. The van der Waals surface area contributed by atoms with Crippen LogP contribution < -0.4 is 15.5 Å². The molecule has 2 aliphatic rings. The van der Waals surface area contributed by atoms with E-state index in [0.29, 0.717) is 5.75 Å². The van der Waals surface area contributed by atoms with Crippen molar-refractivity contribution in [3.05, 3.63) is 59.7 Å². The second-order valence-electron chi connectivity index (χ2n) is 8.92. The first-order valence-corrected chi connectivity index (χ1v) is 11.9. The SMILES string of the molecule is Cc1ccc2nc(N3CCS(=O)c4ccccc4C3)cc(N3CCC(C)(N)C3)c2c1. The predicted molar refractivity (Wildman–Crippen MR) is 125 cm³/mol. The van der Waals surface area contributed by atoms with Gasteiger partial charge in [0.2, 0.25) is 0 Å². The van der Waals surface area contributed by atoms with Crippen molar-refractivity contribution in [2.75, 3.05) is 35.2 Å². The van der Waals surface area contributed by atoms with E-state index >= 15 is 0 Å². The quantitative estimate of drug-likeness (QED) is 0.686. The summed E-state index contributed by atoms with van der Waals surface area (Å²) in [4.78, 5) is 10.6. The molecule has 5 nitrogen and oxygen atoms in total. The fourth-order valence-electron chi connectivity index (χ4n) is 4.56. The second kappa shape index (κ2) is 7.36. The number of nitrogens with zero attached hydrogens (tertiary/aromatic N) is 3. The third-order valence-corrected chi connectivity index (χ3v) is 7.67. The molecule has 2 aliphatic heterocycles. The van der Waals surface area contributed by atoms with Crippen molar-refractivity contribution >= 4 is 33.2 Å². The Morgan fingerprint density at radius 1 is 1.10 bits per heavy atom. The van der Waals surface area contributed by atoms with Gasteiger partial charge < -0.3 is 15.5 Å². The minimum absolute atomic E-state index is 0.169. The molecule has 0 spiro atoms. The van der Waals surface area contributed by atoms with Gasteiger partial charge in [-0.05, 0) is 44.0 Å². The lowest BCUT2D eigenvalue weighted by molar-refractivity contribution is 0.525. The molecule has 1 aromatic heterocycles. The van der Waals surface area contributed by atoms with E-state index in [9.17, 15) is 4.21 Å². The van der Waals surface area contributed by atoms with Gasteiger partial charge in [-0.15, -0.1) is 0 Å². The zero-order valence-corrected chi connectivity index (χ0v) is 18.4. The molecule has 0 amide bonds. The first kappa shape index (κ1) is 19.5.